The van der Waals surface area contributed by atoms with Crippen LogP contribution in [0.2, 0.25) is 0 Å². The van der Waals surface area contributed by atoms with Gasteiger partial charge in [-0.2, -0.15) is 0 Å². The average Bonchev–Trinajstić information content (AvgIpc) is 0.811. The molecule has 4 nitrogen and oxygen atoms in total. The maximum absolute atomic E-state index is 8.56. The van der Waals surface area contributed by atoms with Gasteiger partial charge in [-0.05, 0) is 0 Å². The lowest BCUT2D eigenvalue weighted by Gasteiger charge is -1.60. The third-order valence-corrected chi connectivity index (χ3v) is 0. The van der Waals surface area contributed by atoms with Gasteiger partial charge in [0.15, 0.2) is 0 Å². The fourth-order valence-electron chi connectivity index (χ4n) is 0. The summed E-state index contributed by atoms with van der Waals surface area (Å²) in [5, 5.41) is 13.9. The molecule has 0 atom stereocenters. The highest BCUT2D eigenvalue weighted by Crippen LogP contribution is 1.42. The van der Waals surface area contributed by atoms with Crippen molar-refractivity contribution >= 4 is 14.6 Å². The summed E-state index contributed by atoms with van der Waals surface area (Å²) >= 11 is 0. The third kappa shape index (κ3) is 34.9. The van der Waals surface area contributed by atoms with Gasteiger partial charge >= 0.3 is 6.16 Å². The second-order valence-corrected chi connectivity index (χ2v) is 0.283. The molecular weight excluding hydrogens is 84.8 g/mol. The first-order valence-corrected chi connectivity index (χ1v) is 0.651. The van der Waals surface area contributed by atoms with Crippen molar-refractivity contribution < 1.29 is 15.0 Å². The molecule has 0 aromatic rings. The maximum atomic E-state index is 8.56. The summed E-state index contributed by atoms with van der Waals surface area (Å²) in [6.45, 7) is 0. The van der Waals surface area contributed by atoms with Crippen LogP contribution in [0.25, 0.3) is 0 Å². The van der Waals surface area contributed by atoms with Crippen LogP contribution in [-0.4, -0.2) is 24.8 Å². The molecule has 0 fully saturated rings. The number of rotatable bonds is 0. The van der Waals surface area contributed by atoms with Gasteiger partial charge in [0.1, 0.15) is 0 Å². The van der Waals surface area contributed by atoms with Gasteiger partial charge in [-0.25, -0.2) is 4.79 Å². The van der Waals surface area contributed by atoms with E-state index in [9.17, 15) is 0 Å². The van der Waals surface area contributed by atoms with Crippen LogP contribution in [0, 0.1) is 0 Å². The minimum atomic E-state index is -1.83. The summed E-state index contributed by atoms with van der Waals surface area (Å²) in [6, 6.07) is 0. The van der Waals surface area contributed by atoms with Crippen molar-refractivity contribution in [3.8, 4) is 0 Å². The van der Waals surface area contributed by atoms with Crippen LogP contribution < -0.4 is 6.15 Å². The Morgan fingerprint density at radius 1 is 1.33 bits per heavy atom. The maximum Gasteiger partial charge on any atom is 0.503 e. The van der Waals surface area contributed by atoms with E-state index in [2.05, 4.69) is 0 Å². The van der Waals surface area contributed by atoms with Crippen LogP contribution in [0.1, 0.15) is 0 Å². The Hall–Kier alpha value is -0.705. The fraction of sp³-hybridized carbons (Fsp3) is 0. The van der Waals surface area contributed by atoms with Crippen LogP contribution in [-0.2, 0) is 0 Å². The lowest BCUT2D eigenvalue weighted by molar-refractivity contribution is 0.137. The highest BCUT2D eigenvalue weighted by Gasteiger charge is 1.70. The second-order valence-electron chi connectivity index (χ2n) is 0.283. The van der Waals surface area contributed by atoms with E-state index in [-0.39, 0.29) is 14.6 Å². The van der Waals surface area contributed by atoms with Crippen molar-refractivity contribution in [3.63, 3.8) is 0 Å². The monoisotopic (exact) mass is 90.0 g/mol. The number of carbonyl (C=O) groups is 1. The van der Waals surface area contributed by atoms with E-state index < -0.39 is 6.16 Å². The first-order chi connectivity index (χ1) is 1.73. The summed E-state index contributed by atoms with van der Waals surface area (Å²) in [7, 11) is 0. The zero-order valence-electron chi connectivity index (χ0n) is 3.09. The molecule has 35 valence electrons. The molecule has 0 aliphatic carbocycles. The molecule has 0 bridgehead atoms. The Balaban J connectivity index is -0.0000000450. The minimum absolute atomic E-state index is 0. The number of hydrogen-bond donors (Lipinski definition) is 3. The van der Waals surface area contributed by atoms with Gasteiger partial charge in [0, 0.05) is 8.41 Å². The first-order valence-electron chi connectivity index (χ1n) is 0.651. The average molecular weight is 89.9 g/mol. The predicted octanol–water partition coefficient (Wildman–Crippen LogP) is 0.00360. The summed E-state index contributed by atoms with van der Waals surface area (Å²) in [5.74, 6) is 0. The van der Waals surface area contributed by atoms with Crippen molar-refractivity contribution in [1.29, 1.82) is 0 Å². The van der Waals surface area contributed by atoms with Gasteiger partial charge in [0.05, 0.1) is 0 Å². The van der Waals surface area contributed by atoms with Gasteiger partial charge < -0.3 is 16.4 Å². The molecule has 0 aliphatic rings. The number of hydrogen-bond acceptors (Lipinski definition) is 2. The Morgan fingerprint density at radius 3 is 1.33 bits per heavy atom. The second kappa shape index (κ2) is 8.85. The molecule has 3 radical (unpaired) electrons. The highest BCUT2D eigenvalue weighted by molar-refractivity contribution is 5.75. The van der Waals surface area contributed by atoms with Gasteiger partial charge in [-0.3, -0.25) is 0 Å². The fourth-order valence-corrected chi connectivity index (χ4v) is 0. The molecule has 0 saturated heterocycles. The lowest BCUT2D eigenvalue weighted by Crippen LogP contribution is -1.81. The zero-order valence-corrected chi connectivity index (χ0v) is 3.09. The van der Waals surface area contributed by atoms with Crippen molar-refractivity contribution in [3.05, 3.63) is 0 Å². The molecule has 0 heterocycles. The van der Waals surface area contributed by atoms with E-state index in [1.165, 1.54) is 0 Å². The zero-order chi connectivity index (χ0) is 3.58. The molecular formula is CH5BNO3. The molecule has 0 rings (SSSR count). The van der Waals surface area contributed by atoms with E-state index in [0.29, 0.717) is 0 Å². The van der Waals surface area contributed by atoms with Gasteiger partial charge in [0.25, 0.3) is 0 Å². The third-order valence-electron chi connectivity index (χ3n) is 0. The molecule has 0 unspecified atom stereocenters. The molecule has 0 spiro atoms. The molecule has 0 aliphatic heterocycles. The summed E-state index contributed by atoms with van der Waals surface area (Å²) in [5.41, 5.74) is 0. The molecule has 5 N–H and O–H groups in total. The van der Waals surface area contributed by atoms with E-state index in [1.807, 2.05) is 0 Å². The van der Waals surface area contributed by atoms with E-state index in [0.717, 1.165) is 0 Å². The van der Waals surface area contributed by atoms with Crippen LogP contribution in [0.3, 0.4) is 0 Å². The lowest BCUT2D eigenvalue weighted by atomic mass is 10.8. The summed E-state index contributed by atoms with van der Waals surface area (Å²) < 4.78 is 0. The quantitative estimate of drug-likeness (QED) is 0.365. The Kier molecular flexibility index (Phi) is 27.4. The predicted molar refractivity (Wildman–Crippen MR) is 21.4 cm³/mol. The van der Waals surface area contributed by atoms with E-state index >= 15 is 0 Å². The van der Waals surface area contributed by atoms with Crippen LogP contribution in [0.5, 0.6) is 0 Å². The van der Waals surface area contributed by atoms with Crippen molar-refractivity contribution in [2.24, 2.45) is 0 Å². The molecule has 0 saturated carbocycles. The topological polar surface area (TPSA) is 92.5 Å². The minimum Gasteiger partial charge on any atom is -0.450 e. The molecule has 5 heteroatoms. The van der Waals surface area contributed by atoms with Crippen LogP contribution in [0.4, 0.5) is 4.79 Å². The SMILES string of the molecule is N.O=C(O)O.[B]. The molecule has 0 aromatic heterocycles. The normalized spacial score (nSPS) is 4.00. The van der Waals surface area contributed by atoms with Gasteiger partial charge in [-0.15, -0.1) is 0 Å². The Bertz CT molecular complexity index is 33.8. The molecule has 0 aromatic carbocycles. The van der Waals surface area contributed by atoms with Gasteiger partial charge in [-0.1, -0.05) is 0 Å². The number of carboxylic acid groups (broad SMARTS) is 2. The van der Waals surface area contributed by atoms with Crippen molar-refractivity contribution in [2.75, 3.05) is 0 Å². The molecule has 6 heavy (non-hydrogen) atoms. The summed E-state index contributed by atoms with van der Waals surface area (Å²) in [4.78, 5) is 8.56. The first kappa shape index (κ1) is 18.5. The standard InChI is InChI=1S/CH2O3.B.H3N/c2-1(3)4;;/h(H2,2,3,4);;1H3. The highest BCUT2D eigenvalue weighted by atomic mass is 16.6. The smallest absolute Gasteiger partial charge is 0.450 e. The Morgan fingerprint density at radius 2 is 1.33 bits per heavy atom. The van der Waals surface area contributed by atoms with Crippen molar-refractivity contribution in [1.82, 2.24) is 6.15 Å². The Labute approximate surface area is 36.9 Å². The summed E-state index contributed by atoms with van der Waals surface area (Å²) in [6.07, 6.45) is -1.83. The largest absolute Gasteiger partial charge is 0.503 e. The van der Waals surface area contributed by atoms with E-state index in [1.54, 1.807) is 0 Å². The van der Waals surface area contributed by atoms with E-state index in [4.69, 9.17) is 15.0 Å². The van der Waals surface area contributed by atoms with Gasteiger partial charge in [0.2, 0.25) is 0 Å². The van der Waals surface area contributed by atoms with Crippen molar-refractivity contribution in [2.45, 2.75) is 0 Å². The molecule has 0 amide bonds. The van der Waals surface area contributed by atoms with Crippen LogP contribution in [0.15, 0.2) is 0 Å². The van der Waals surface area contributed by atoms with Crippen LogP contribution >= 0.6 is 0 Å².